The molecule has 0 bridgehead atoms. The van der Waals surface area contributed by atoms with E-state index in [1.165, 1.54) is 19.3 Å². The number of hydrogen-bond donors (Lipinski definition) is 2. The number of anilines is 2. The van der Waals surface area contributed by atoms with Gasteiger partial charge in [0.2, 0.25) is 5.95 Å². The molecule has 0 radical (unpaired) electrons. The lowest BCUT2D eigenvalue weighted by Crippen LogP contribution is -2.07. The van der Waals surface area contributed by atoms with Gasteiger partial charge in [-0.2, -0.15) is 4.98 Å². The van der Waals surface area contributed by atoms with Crippen LogP contribution in [0.4, 0.5) is 11.8 Å². The predicted octanol–water partition coefficient (Wildman–Crippen LogP) is 2.04. The molecular weight excluding hydrogens is 188 g/mol. The number of nitrogens with one attached hydrogen (secondary N) is 2. The Balaban J connectivity index is 1.90. The Morgan fingerprint density at radius 1 is 1.40 bits per heavy atom. The smallest absolute Gasteiger partial charge is 0.224 e. The molecule has 1 saturated carbocycles. The van der Waals surface area contributed by atoms with Crippen LogP contribution in [0, 0.1) is 12.8 Å². The first-order chi connectivity index (χ1) is 7.28. The number of aryl methyl sites for hydroxylation is 1. The zero-order valence-corrected chi connectivity index (χ0v) is 9.38. The summed E-state index contributed by atoms with van der Waals surface area (Å²) in [5.41, 5.74) is 0.989. The van der Waals surface area contributed by atoms with Gasteiger partial charge in [-0.3, -0.25) is 0 Å². The van der Waals surface area contributed by atoms with Crippen molar-refractivity contribution in [3.05, 3.63) is 11.8 Å². The number of hydrogen-bond acceptors (Lipinski definition) is 4. The van der Waals surface area contributed by atoms with Crippen LogP contribution in [0.5, 0.6) is 0 Å². The zero-order valence-electron chi connectivity index (χ0n) is 9.38. The molecule has 0 spiro atoms. The van der Waals surface area contributed by atoms with Crippen molar-refractivity contribution in [2.75, 3.05) is 24.2 Å². The van der Waals surface area contributed by atoms with Crippen molar-refractivity contribution in [1.82, 2.24) is 9.97 Å². The molecule has 1 fully saturated rings. The number of aromatic nitrogens is 2. The summed E-state index contributed by atoms with van der Waals surface area (Å²) < 4.78 is 0. The minimum absolute atomic E-state index is 0.684. The van der Waals surface area contributed by atoms with Crippen molar-refractivity contribution in [3.63, 3.8) is 0 Å². The van der Waals surface area contributed by atoms with Gasteiger partial charge in [0.05, 0.1) is 0 Å². The summed E-state index contributed by atoms with van der Waals surface area (Å²) in [5, 5.41) is 6.30. The van der Waals surface area contributed by atoms with E-state index < -0.39 is 0 Å². The van der Waals surface area contributed by atoms with E-state index in [2.05, 4.69) is 20.6 Å². The van der Waals surface area contributed by atoms with Gasteiger partial charge in [-0.05, 0) is 19.3 Å². The molecule has 1 aliphatic rings. The summed E-state index contributed by atoms with van der Waals surface area (Å²) in [6.07, 6.45) is 4.08. The molecule has 0 aliphatic heterocycles. The Labute approximate surface area is 90.5 Å². The fourth-order valence-corrected chi connectivity index (χ4v) is 1.58. The lowest BCUT2D eigenvalue weighted by atomic mass is 10.3. The second-order valence-electron chi connectivity index (χ2n) is 4.13. The van der Waals surface area contributed by atoms with Gasteiger partial charge >= 0.3 is 0 Å². The molecule has 1 aliphatic carbocycles. The van der Waals surface area contributed by atoms with Crippen LogP contribution in [-0.4, -0.2) is 23.6 Å². The fraction of sp³-hybridized carbons (Fsp3) is 0.636. The molecule has 82 valence electrons. The minimum Gasteiger partial charge on any atom is -0.370 e. The first-order valence-corrected chi connectivity index (χ1v) is 5.55. The molecule has 15 heavy (non-hydrogen) atoms. The Hall–Kier alpha value is -1.32. The van der Waals surface area contributed by atoms with Gasteiger partial charge in [0.25, 0.3) is 0 Å². The molecule has 1 aromatic rings. The molecule has 0 aromatic carbocycles. The lowest BCUT2D eigenvalue weighted by Gasteiger charge is -2.07. The lowest BCUT2D eigenvalue weighted by molar-refractivity contribution is 0.758. The predicted molar refractivity (Wildman–Crippen MR) is 62.1 cm³/mol. The minimum atomic E-state index is 0.684. The fourth-order valence-electron chi connectivity index (χ4n) is 1.58. The summed E-state index contributed by atoms with van der Waals surface area (Å²) in [6, 6.07) is 1.98. The molecule has 4 nitrogen and oxygen atoms in total. The monoisotopic (exact) mass is 206 g/mol. The molecule has 1 heterocycles. The molecule has 1 aromatic heterocycles. The third kappa shape index (κ3) is 3.08. The number of rotatable bonds is 5. The topological polar surface area (TPSA) is 49.8 Å². The van der Waals surface area contributed by atoms with Gasteiger partial charge in [0.15, 0.2) is 0 Å². The highest BCUT2D eigenvalue weighted by molar-refractivity contribution is 5.41. The summed E-state index contributed by atoms with van der Waals surface area (Å²) >= 11 is 0. The molecule has 4 heteroatoms. The van der Waals surface area contributed by atoms with Crippen LogP contribution < -0.4 is 10.6 Å². The van der Waals surface area contributed by atoms with E-state index in [0.717, 1.165) is 24.0 Å². The normalized spacial score (nSPS) is 15.1. The zero-order chi connectivity index (χ0) is 10.7. The summed E-state index contributed by atoms with van der Waals surface area (Å²) in [7, 11) is 1.84. The highest BCUT2D eigenvalue weighted by atomic mass is 15.1. The van der Waals surface area contributed by atoms with Crippen molar-refractivity contribution >= 4 is 11.8 Å². The van der Waals surface area contributed by atoms with E-state index in [4.69, 9.17) is 0 Å². The quantitative estimate of drug-likeness (QED) is 0.774. The SMILES string of the molecule is CNc1nc(C)cc(NCCC2CC2)n1. The molecule has 2 N–H and O–H groups in total. The maximum Gasteiger partial charge on any atom is 0.224 e. The van der Waals surface area contributed by atoms with E-state index in [-0.39, 0.29) is 0 Å². The Morgan fingerprint density at radius 3 is 2.87 bits per heavy atom. The van der Waals surface area contributed by atoms with Gasteiger partial charge in [-0.15, -0.1) is 0 Å². The van der Waals surface area contributed by atoms with Crippen LogP contribution in [-0.2, 0) is 0 Å². The second-order valence-corrected chi connectivity index (χ2v) is 4.13. The molecule has 0 unspecified atom stereocenters. The van der Waals surface area contributed by atoms with E-state index in [9.17, 15) is 0 Å². The summed E-state index contributed by atoms with van der Waals surface area (Å²) in [6.45, 7) is 3.00. The van der Waals surface area contributed by atoms with Crippen LogP contribution in [0.1, 0.15) is 25.0 Å². The molecule has 0 saturated heterocycles. The van der Waals surface area contributed by atoms with Gasteiger partial charge in [-0.25, -0.2) is 4.98 Å². The first kappa shape index (κ1) is 10.2. The highest BCUT2D eigenvalue weighted by Crippen LogP contribution is 2.32. The van der Waals surface area contributed by atoms with Crippen molar-refractivity contribution < 1.29 is 0 Å². The third-order valence-electron chi connectivity index (χ3n) is 2.63. The summed E-state index contributed by atoms with van der Waals surface area (Å²) in [4.78, 5) is 8.58. The van der Waals surface area contributed by atoms with Crippen molar-refractivity contribution in [2.45, 2.75) is 26.2 Å². The maximum absolute atomic E-state index is 4.34. The standard InChI is InChI=1S/C11H18N4/c1-8-7-10(15-11(12-2)14-8)13-6-5-9-3-4-9/h7,9H,3-6H2,1-2H3,(H2,12,13,14,15). The van der Waals surface area contributed by atoms with Crippen LogP contribution in [0.2, 0.25) is 0 Å². The highest BCUT2D eigenvalue weighted by Gasteiger charge is 2.20. The van der Waals surface area contributed by atoms with Crippen molar-refractivity contribution in [3.8, 4) is 0 Å². The third-order valence-corrected chi connectivity index (χ3v) is 2.63. The molecular formula is C11H18N4. The van der Waals surface area contributed by atoms with Crippen LogP contribution in [0.3, 0.4) is 0 Å². The number of nitrogens with zero attached hydrogens (tertiary/aromatic N) is 2. The average Bonchev–Trinajstić information content (AvgIpc) is 3.01. The largest absolute Gasteiger partial charge is 0.370 e. The maximum atomic E-state index is 4.34. The van der Waals surface area contributed by atoms with Gasteiger partial charge in [0.1, 0.15) is 5.82 Å². The van der Waals surface area contributed by atoms with Gasteiger partial charge in [0, 0.05) is 25.4 Å². The van der Waals surface area contributed by atoms with E-state index in [1.54, 1.807) is 0 Å². The van der Waals surface area contributed by atoms with Crippen molar-refractivity contribution in [2.24, 2.45) is 5.92 Å². The van der Waals surface area contributed by atoms with Gasteiger partial charge < -0.3 is 10.6 Å². The van der Waals surface area contributed by atoms with Gasteiger partial charge in [-0.1, -0.05) is 12.8 Å². The first-order valence-electron chi connectivity index (χ1n) is 5.55. The molecule has 0 atom stereocenters. The Kier molecular flexibility index (Phi) is 3.04. The average molecular weight is 206 g/mol. The Bertz CT molecular complexity index is 333. The molecule has 0 amide bonds. The van der Waals surface area contributed by atoms with E-state index in [1.807, 2.05) is 20.0 Å². The summed E-state index contributed by atoms with van der Waals surface area (Å²) in [5.74, 6) is 2.57. The molecule has 2 rings (SSSR count). The second kappa shape index (κ2) is 4.47. The van der Waals surface area contributed by atoms with E-state index >= 15 is 0 Å². The Morgan fingerprint density at radius 2 is 2.20 bits per heavy atom. The van der Waals surface area contributed by atoms with Crippen LogP contribution in [0.25, 0.3) is 0 Å². The van der Waals surface area contributed by atoms with Crippen LogP contribution in [0.15, 0.2) is 6.07 Å². The van der Waals surface area contributed by atoms with Crippen molar-refractivity contribution in [1.29, 1.82) is 0 Å². The van der Waals surface area contributed by atoms with E-state index in [0.29, 0.717) is 5.95 Å². The van der Waals surface area contributed by atoms with Crippen LogP contribution >= 0.6 is 0 Å².